The lowest BCUT2D eigenvalue weighted by molar-refractivity contribution is -0.722. The predicted molar refractivity (Wildman–Crippen MR) is 145 cm³/mol. The van der Waals surface area contributed by atoms with E-state index in [1.807, 2.05) is 74.4 Å². The molecule has 5 nitrogen and oxygen atoms in total. The summed E-state index contributed by atoms with van der Waals surface area (Å²) in [5.74, 6) is 1.27. The first-order valence-corrected chi connectivity index (χ1v) is 11.7. The van der Waals surface area contributed by atoms with Crippen LogP contribution in [0.1, 0.15) is 22.5 Å². The van der Waals surface area contributed by atoms with Crippen LogP contribution in [0.3, 0.4) is 0 Å². The van der Waals surface area contributed by atoms with Gasteiger partial charge in [-0.1, -0.05) is 0 Å². The minimum absolute atomic E-state index is 0.410. The molecular weight excluding hydrogens is 479 g/mol. The zero-order valence-corrected chi connectivity index (χ0v) is 22.0. The fourth-order valence-corrected chi connectivity index (χ4v) is 3.81. The van der Waals surface area contributed by atoms with Crippen molar-refractivity contribution in [2.24, 2.45) is 0 Å². The van der Waals surface area contributed by atoms with Gasteiger partial charge in [0.2, 0.25) is 17.9 Å². The van der Waals surface area contributed by atoms with E-state index in [4.69, 9.17) is 9.47 Å². The molecule has 0 aliphatic heterocycles. The fraction of sp³-hybridized carbons (Fsp3) is 0.276. The lowest BCUT2D eigenvalue weighted by Gasteiger charge is -2.15. The number of benzene rings is 2. The second kappa shape index (κ2) is 11.9. The molecule has 0 bridgehead atoms. The zero-order chi connectivity index (χ0) is 27.2. The van der Waals surface area contributed by atoms with Gasteiger partial charge in [0.15, 0.2) is 0 Å². The Morgan fingerprint density at radius 3 is 1.49 bits per heavy atom. The van der Waals surface area contributed by atoms with Crippen molar-refractivity contribution in [2.45, 2.75) is 12.7 Å². The van der Waals surface area contributed by atoms with Gasteiger partial charge in [-0.3, -0.25) is 0 Å². The molecule has 0 saturated heterocycles. The lowest BCUT2D eigenvalue weighted by Crippen LogP contribution is -2.46. The van der Waals surface area contributed by atoms with Crippen molar-refractivity contribution < 1.29 is 27.2 Å². The van der Waals surface area contributed by atoms with E-state index in [1.54, 1.807) is 56.7 Å². The average molecular weight is 513 g/mol. The minimum atomic E-state index is -4.40. The Kier molecular flexibility index (Phi) is 8.86. The standard InChI is InChI=1S/C29H33F3N3O2/c1-33(2)25-16-12-21(27(18-25)36-5)10-14-23-8-7-9-24(35(23)20-29(30,31)32)15-11-22-13-17-26(34(3)4)19-28(22)37-6/h7-19H,20H2,1-6H3/q+1. The van der Waals surface area contributed by atoms with Gasteiger partial charge in [0.1, 0.15) is 11.5 Å². The SMILES string of the molecule is COc1cc(N(C)C)ccc1/C=C/c1cccc(/C=C/c2ccc(N(C)C)cc2OC)[n+]1CC(F)(F)F. The Labute approximate surface area is 216 Å². The first-order chi connectivity index (χ1) is 17.5. The predicted octanol–water partition coefficient (Wildman–Crippen LogP) is 6.03. The molecule has 0 unspecified atom stereocenters. The number of halogens is 3. The number of ether oxygens (including phenoxy) is 2. The van der Waals surface area contributed by atoms with E-state index < -0.39 is 12.7 Å². The van der Waals surface area contributed by atoms with E-state index in [1.165, 1.54) is 4.57 Å². The van der Waals surface area contributed by atoms with Crippen LogP contribution in [-0.4, -0.2) is 48.6 Å². The summed E-state index contributed by atoms with van der Waals surface area (Å²) < 4.78 is 53.0. The Morgan fingerprint density at radius 2 is 1.14 bits per heavy atom. The van der Waals surface area contributed by atoms with Crippen molar-refractivity contribution in [2.75, 3.05) is 52.2 Å². The summed E-state index contributed by atoms with van der Waals surface area (Å²) in [5.41, 5.74) is 4.27. The number of nitrogens with zero attached hydrogens (tertiary/aromatic N) is 3. The molecular formula is C29H33F3N3O2+. The molecule has 8 heteroatoms. The highest BCUT2D eigenvalue weighted by atomic mass is 19.4. The van der Waals surface area contributed by atoms with Crippen LogP contribution >= 0.6 is 0 Å². The van der Waals surface area contributed by atoms with E-state index in [0.29, 0.717) is 22.9 Å². The third-order valence-electron chi connectivity index (χ3n) is 5.83. The number of aromatic nitrogens is 1. The van der Waals surface area contributed by atoms with Crippen LogP contribution in [-0.2, 0) is 6.54 Å². The van der Waals surface area contributed by atoms with Gasteiger partial charge < -0.3 is 19.3 Å². The molecule has 0 aliphatic rings. The third-order valence-corrected chi connectivity index (χ3v) is 5.83. The molecule has 37 heavy (non-hydrogen) atoms. The van der Waals surface area contributed by atoms with Crippen molar-refractivity contribution in [3.8, 4) is 11.5 Å². The van der Waals surface area contributed by atoms with Gasteiger partial charge in [-0.15, -0.1) is 0 Å². The van der Waals surface area contributed by atoms with Crippen molar-refractivity contribution in [3.05, 3.63) is 77.1 Å². The van der Waals surface area contributed by atoms with Crippen LogP contribution in [0.2, 0.25) is 0 Å². The summed E-state index contributed by atoms with van der Waals surface area (Å²) in [6.07, 6.45) is 2.46. The number of hydrogen-bond acceptors (Lipinski definition) is 4. The Balaban J connectivity index is 2.02. The van der Waals surface area contributed by atoms with Crippen molar-refractivity contribution in [1.82, 2.24) is 0 Å². The highest BCUT2D eigenvalue weighted by molar-refractivity contribution is 5.74. The van der Waals surface area contributed by atoms with E-state index in [9.17, 15) is 13.2 Å². The fourth-order valence-electron chi connectivity index (χ4n) is 3.81. The summed E-state index contributed by atoms with van der Waals surface area (Å²) in [6, 6.07) is 16.5. The normalized spacial score (nSPS) is 11.8. The molecule has 0 radical (unpaired) electrons. The van der Waals surface area contributed by atoms with E-state index >= 15 is 0 Å². The van der Waals surface area contributed by atoms with Gasteiger partial charge in [-0.25, -0.2) is 0 Å². The summed E-state index contributed by atoms with van der Waals surface area (Å²) >= 11 is 0. The number of pyridine rings is 1. The molecule has 0 atom stereocenters. The maximum atomic E-state index is 13.6. The average Bonchev–Trinajstić information content (AvgIpc) is 2.85. The molecule has 0 aliphatic carbocycles. The quantitative estimate of drug-likeness (QED) is 0.328. The molecule has 0 fully saturated rings. The molecule has 3 rings (SSSR count). The summed E-state index contributed by atoms with van der Waals surface area (Å²) in [7, 11) is 10.8. The minimum Gasteiger partial charge on any atom is -0.496 e. The number of methoxy groups -OCH3 is 2. The zero-order valence-electron chi connectivity index (χ0n) is 22.0. The summed E-state index contributed by atoms with van der Waals surface area (Å²) in [6.45, 7) is -1.12. The Morgan fingerprint density at radius 1 is 0.703 bits per heavy atom. The van der Waals surface area contributed by atoms with E-state index in [2.05, 4.69) is 0 Å². The molecule has 2 aromatic carbocycles. The molecule has 3 aromatic rings. The van der Waals surface area contributed by atoms with Gasteiger partial charge in [-0.05, 0) is 42.5 Å². The topological polar surface area (TPSA) is 28.8 Å². The molecule has 0 N–H and O–H groups in total. The largest absolute Gasteiger partial charge is 0.496 e. The van der Waals surface area contributed by atoms with Gasteiger partial charge in [-0.2, -0.15) is 17.7 Å². The Bertz CT molecular complexity index is 1190. The van der Waals surface area contributed by atoms with Gasteiger partial charge >= 0.3 is 6.18 Å². The van der Waals surface area contributed by atoms with Crippen LogP contribution in [0.15, 0.2) is 54.6 Å². The van der Waals surface area contributed by atoms with Crippen LogP contribution < -0.4 is 23.8 Å². The number of hydrogen-bond donors (Lipinski definition) is 0. The van der Waals surface area contributed by atoms with E-state index in [0.717, 1.165) is 22.5 Å². The van der Waals surface area contributed by atoms with Gasteiger partial charge in [0.25, 0.3) is 0 Å². The monoisotopic (exact) mass is 512 g/mol. The molecule has 196 valence electrons. The number of rotatable bonds is 9. The first kappa shape index (κ1) is 27.6. The van der Waals surface area contributed by atoms with Crippen LogP contribution in [0.5, 0.6) is 11.5 Å². The van der Waals surface area contributed by atoms with E-state index in [-0.39, 0.29) is 0 Å². The molecule has 1 aromatic heterocycles. The molecule has 0 amide bonds. The third kappa shape index (κ3) is 7.29. The summed E-state index contributed by atoms with van der Waals surface area (Å²) in [4.78, 5) is 3.90. The van der Waals surface area contributed by atoms with Crippen molar-refractivity contribution in [3.63, 3.8) is 0 Å². The maximum absolute atomic E-state index is 13.6. The van der Waals surface area contributed by atoms with Crippen LogP contribution in [0.4, 0.5) is 24.5 Å². The Hall–Kier alpha value is -3.94. The maximum Gasteiger partial charge on any atom is 0.448 e. The highest BCUT2D eigenvalue weighted by Crippen LogP contribution is 2.28. The molecule has 1 heterocycles. The summed E-state index contributed by atoms with van der Waals surface area (Å²) in [5, 5.41) is 0. The number of anilines is 2. The van der Waals surface area contributed by atoms with Crippen LogP contribution in [0.25, 0.3) is 24.3 Å². The number of alkyl halides is 3. The smallest absolute Gasteiger partial charge is 0.448 e. The van der Waals surface area contributed by atoms with Crippen molar-refractivity contribution >= 4 is 35.7 Å². The molecule has 0 saturated carbocycles. The highest BCUT2D eigenvalue weighted by Gasteiger charge is 2.35. The lowest BCUT2D eigenvalue weighted by atomic mass is 10.1. The van der Waals surface area contributed by atoms with Gasteiger partial charge in [0.05, 0.1) is 14.2 Å². The van der Waals surface area contributed by atoms with Crippen molar-refractivity contribution in [1.29, 1.82) is 0 Å². The van der Waals surface area contributed by atoms with Gasteiger partial charge in [0, 0.05) is 87.1 Å². The second-order valence-corrected chi connectivity index (χ2v) is 8.88. The van der Waals surface area contributed by atoms with Crippen LogP contribution in [0, 0.1) is 0 Å². The molecule has 0 spiro atoms. The second-order valence-electron chi connectivity index (χ2n) is 8.88. The first-order valence-electron chi connectivity index (χ1n) is 11.7.